The normalized spacial score (nSPS) is 12.0. The number of carbonyl (C=O) groups excluding carboxylic acids is 1. The molecular formula is C17H16ClF2IN2O4. The fraction of sp³-hybridized carbons (Fsp3) is 0.235. The van der Waals surface area contributed by atoms with Gasteiger partial charge in [0.05, 0.1) is 22.9 Å². The third-order valence-corrected chi connectivity index (χ3v) is 4.45. The lowest BCUT2D eigenvalue weighted by Gasteiger charge is -2.16. The number of benzene rings is 2. The zero-order valence-electron chi connectivity index (χ0n) is 14.0. The zero-order valence-corrected chi connectivity index (χ0v) is 16.9. The molecule has 1 amide bonds. The van der Waals surface area contributed by atoms with Crippen LogP contribution in [0, 0.1) is 22.1 Å². The van der Waals surface area contributed by atoms with Crippen molar-refractivity contribution in [2.45, 2.75) is 13.0 Å². The second-order valence-electron chi connectivity index (χ2n) is 5.57. The molecule has 0 aliphatic heterocycles. The minimum absolute atomic E-state index is 0.296. The van der Waals surface area contributed by atoms with E-state index in [0.29, 0.717) is 5.69 Å². The molecule has 0 bridgehead atoms. The van der Waals surface area contributed by atoms with Crippen molar-refractivity contribution in [3.63, 3.8) is 0 Å². The van der Waals surface area contributed by atoms with Gasteiger partial charge in [0.25, 0.3) is 5.91 Å². The van der Waals surface area contributed by atoms with Crippen molar-refractivity contribution < 1.29 is 28.6 Å². The average molecular weight is 513 g/mol. The Bertz CT molecular complexity index is 854. The third-order valence-electron chi connectivity index (χ3n) is 3.51. The Morgan fingerprint density at radius 3 is 2.67 bits per heavy atom. The first kappa shape index (κ1) is 21.8. The average Bonchev–Trinajstić information content (AvgIpc) is 2.63. The van der Waals surface area contributed by atoms with Crippen LogP contribution in [0.4, 0.5) is 20.2 Å². The molecule has 0 saturated carbocycles. The van der Waals surface area contributed by atoms with Crippen molar-refractivity contribution in [2.24, 2.45) is 0 Å². The smallest absolute Gasteiger partial charge is 0.277 e. The summed E-state index contributed by atoms with van der Waals surface area (Å²) in [5, 5.41) is 20.1. The van der Waals surface area contributed by atoms with Gasteiger partial charge in [0.15, 0.2) is 11.6 Å². The van der Waals surface area contributed by atoms with Crippen LogP contribution in [0.3, 0.4) is 0 Å². The molecule has 2 aromatic carbocycles. The molecule has 27 heavy (non-hydrogen) atoms. The van der Waals surface area contributed by atoms with Crippen LogP contribution in [0.25, 0.3) is 0 Å². The van der Waals surface area contributed by atoms with Gasteiger partial charge in [-0.05, 0) is 59.3 Å². The number of hydroxylamine groups is 1. The summed E-state index contributed by atoms with van der Waals surface area (Å²) >= 11 is 7.77. The number of aliphatic hydroxyl groups excluding tert-OH is 2. The second-order valence-corrected chi connectivity index (χ2v) is 7.22. The Hall–Kier alpha value is -1.53. The molecule has 10 heteroatoms. The van der Waals surface area contributed by atoms with Crippen LogP contribution in [-0.4, -0.2) is 35.4 Å². The molecule has 0 aliphatic carbocycles. The highest BCUT2D eigenvalue weighted by Crippen LogP contribution is 2.32. The summed E-state index contributed by atoms with van der Waals surface area (Å²) in [6, 6.07) is 6.22. The van der Waals surface area contributed by atoms with Gasteiger partial charge >= 0.3 is 0 Å². The number of anilines is 2. The number of nitrogens with one attached hydrogen (secondary N) is 2. The summed E-state index contributed by atoms with van der Waals surface area (Å²) in [6.45, 7) is 0.818. The standard InChI is InChI=1S/C17H16ClF2IN2O4/c1-8-4-9(21)2-3-13(8)22-16-11(5-12(18)14(19)15(16)20)17(26)23-27-7-10(25)6-24/h2-5,10,22,24-25H,6-7H2,1H3,(H,23,26). The van der Waals surface area contributed by atoms with Crippen LogP contribution in [0.1, 0.15) is 15.9 Å². The van der Waals surface area contributed by atoms with Crippen molar-refractivity contribution in [3.8, 4) is 0 Å². The lowest BCUT2D eigenvalue weighted by atomic mass is 10.1. The number of rotatable bonds is 7. The van der Waals surface area contributed by atoms with Crippen LogP contribution >= 0.6 is 34.2 Å². The molecule has 2 rings (SSSR count). The summed E-state index contributed by atoms with van der Waals surface area (Å²) in [7, 11) is 0. The highest BCUT2D eigenvalue weighted by Gasteiger charge is 2.23. The summed E-state index contributed by atoms with van der Waals surface area (Å²) in [6.07, 6.45) is -1.20. The molecule has 0 fully saturated rings. The Kier molecular flexibility index (Phi) is 7.74. The van der Waals surface area contributed by atoms with Crippen LogP contribution < -0.4 is 10.8 Å². The van der Waals surface area contributed by atoms with Gasteiger partial charge in [0, 0.05) is 9.26 Å². The van der Waals surface area contributed by atoms with Gasteiger partial charge in [-0.25, -0.2) is 14.3 Å². The molecular weight excluding hydrogens is 497 g/mol. The van der Waals surface area contributed by atoms with Crippen LogP contribution in [0.15, 0.2) is 24.3 Å². The highest BCUT2D eigenvalue weighted by molar-refractivity contribution is 14.1. The molecule has 0 radical (unpaired) electrons. The second kappa shape index (κ2) is 9.60. The van der Waals surface area contributed by atoms with Crippen molar-refractivity contribution in [3.05, 3.63) is 55.6 Å². The van der Waals surface area contributed by atoms with E-state index in [0.717, 1.165) is 15.2 Å². The highest BCUT2D eigenvalue weighted by atomic mass is 127. The summed E-state index contributed by atoms with van der Waals surface area (Å²) in [4.78, 5) is 17.1. The van der Waals surface area contributed by atoms with Crippen LogP contribution in [-0.2, 0) is 4.84 Å². The lowest BCUT2D eigenvalue weighted by molar-refractivity contribution is -0.0295. The molecule has 0 aliphatic rings. The van der Waals surface area contributed by atoms with Gasteiger partial charge in [-0.15, -0.1) is 0 Å². The van der Waals surface area contributed by atoms with Gasteiger partial charge in [-0.3, -0.25) is 9.63 Å². The van der Waals surface area contributed by atoms with E-state index in [2.05, 4.69) is 27.9 Å². The van der Waals surface area contributed by atoms with Crippen molar-refractivity contribution in [1.29, 1.82) is 0 Å². The van der Waals surface area contributed by atoms with Gasteiger partial charge in [0.1, 0.15) is 12.7 Å². The van der Waals surface area contributed by atoms with Crippen molar-refractivity contribution in [1.82, 2.24) is 5.48 Å². The Balaban J connectivity index is 2.34. The fourth-order valence-corrected chi connectivity index (χ4v) is 2.95. The molecule has 4 N–H and O–H groups in total. The lowest BCUT2D eigenvalue weighted by Crippen LogP contribution is -2.30. The predicted octanol–water partition coefficient (Wildman–Crippen LogP) is 3.29. The van der Waals surface area contributed by atoms with Crippen molar-refractivity contribution in [2.75, 3.05) is 18.5 Å². The molecule has 0 aromatic heterocycles. The predicted molar refractivity (Wildman–Crippen MR) is 105 cm³/mol. The molecule has 6 nitrogen and oxygen atoms in total. The fourth-order valence-electron chi connectivity index (χ4n) is 2.11. The van der Waals surface area contributed by atoms with Crippen molar-refractivity contribution >= 4 is 51.5 Å². The summed E-state index contributed by atoms with van der Waals surface area (Å²) in [5.74, 6) is -3.52. The Morgan fingerprint density at radius 2 is 2.04 bits per heavy atom. The zero-order chi connectivity index (χ0) is 20.1. The largest absolute Gasteiger partial charge is 0.394 e. The Morgan fingerprint density at radius 1 is 1.33 bits per heavy atom. The first-order valence-corrected chi connectivity index (χ1v) is 9.12. The van der Waals surface area contributed by atoms with E-state index in [4.69, 9.17) is 21.5 Å². The Labute approximate surface area is 172 Å². The number of amides is 1. The van der Waals surface area contributed by atoms with E-state index in [1.807, 2.05) is 11.5 Å². The van der Waals surface area contributed by atoms with Gasteiger partial charge in [0.2, 0.25) is 0 Å². The topological polar surface area (TPSA) is 90.8 Å². The molecule has 146 valence electrons. The summed E-state index contributed by atoms with van der Waals surface area (Å²) in [5.41, 5.74) is 2.51. The van der Waals surface area contributed by atoms with Gasteiger partial charge in [-0.1, -0.05) is 11.6 Å². The van der Waals surface area contributed by atoms with E-state index in [-0.39, 0.29) is 5.56 Å². The number of halogens is 4. The quantitative estimate of drug-likeness (QED) is 0.260. The van der Waals surface area contributed by atoms with Gasteiger partial charge < -0.3 is 15.5 Å². The SMILES string of the molecule is Cc1cc(I)ccc1Nc1c(C(=O)NOCC(O)CO)cc(Cl)c(F)c1F. The maximum absolute atomic E-state index is 14.5. The third kappa shape index (κ3) is 5.48. The maximum atomic E-state index is 14.5. The molecule has 2 aromatic rings. The minimum atomic E-state index is -1.32. The van der Waals surface area contributed by atoms with E-state index < -0.39 is 47.6 Å². The van der Waals surface area contributed by atoms with E-state index in [1.54, 1.807) is 19.1 Å². The molecule has 0 spiro atoms. The van der Waals surface area contributed by atoms with E-state index >= 15 is 0 Å². The van der Waals surface area contributed by atoms with Crippen LogP contribution in [0.2, 0.25) is 5.02 Å². The number of hydrogen-bond donors (Lipinski definition) is 4. The van der Waals surface area contributed by atoms with E-state index in [1.165, 1.54) is 0 Å². The van der Waals surface area contributed by atoms with E-state index in [9.17, 15) is 18.7 Å². The monoisotopic (exact) mass is 512 g/mol. The first-order chi connectivity index (χ1) is 12.7. The first-order valence-electron chi connectivity index (χ1n) is 7.66. The molecule has 0 heterocycles. The van der Waals surface area contributed by atoms with Crippen LogP contribution in [0.5, 0.6) is 0 Å². The number of hydrogen-bond acceptors (Lipinski definition) is 5. The maximum Gasteiger partial charge on any atom is 0.277 e. The number of aliphatic hydroxyl groups is 2. The number of carbonyl (C=O) groups is 1. The molecule has 1 atom stereocenters. The number of aryl methyl sites for hydroxylation is 1. The molecule has 1 unspecified atom stereocenters. The minimum Gasteiger partial charge on any atom is -0.394 e. The summed E-state index contributed by atoms with van der Waals surface area (Å²) < 4.78 is 29.4. The molecule has 0 saturated heterocycles. The van der Waals surface area contributed by atoms with Gasteiger partial charge in [-0.2, -0.15) is 0 Å².